The number of nitrogens with zero attached hydrogens (tertiary/aromatic N) is 1. The number of carbonyl (C=O) groups excluding carboxylic acids is 1. The van der Waals surface area contributed by atoms with Crippen molar-refractivity contribution in [3.8, 4) is 5.75 Å². The van der Waals surface area contributed by atoms with E-state index >= 15 is 0 Å². The maximum atomic E-state index is 11.3. The van der Waals surface area contributed by atoms with Gasteiger partial charge in [0.2, 0.25) is 5.91 Å². The van der Waals surface area contributed by atoms with Gasteiger partial charge in [-0.05, 0) is 48.6 Å². The molecule has 1 amide bonds. The number of hydrogen-bond donors (Lipinski definition) is 3. The molecule has 25 heavy (non-hydrogen) atoms. The summed E-state index contributed by atoms with van der Waals surface area (Å²) in [5.41, 5.74) is 1.92. The third-order valence-electron chi connectivity index (χ3n) is 3.11. The lowest BCUT2D eigenvalue weighted by molar-refractivity contribution is -0.119. The van der Waals surface area contributed by atoms with Gasteiger partial charge in [-0.25, -0.2) is 0 Å². The summed E-state index contributed by atoms with van der Waals surface area (Å²) < 4.78 is 0.749. The van der Waals surface area contributed by atoms with Crippen LogP contribution in [0.1, 0.15) is 18.9 Å². The minimum atomic E-state index is -0.147. The molecule has 0 atom stereocenters. The van der Waals surface area contributed by atoms with Gasteiger partial charge in [-0.15, -0.1) is 0 Å². The van der Waals surface area contributed by atoms with Gasteiger partial charge in [-0.1, -0.05) is 34.5 Å². The maximum Gasteiger partial charge on any atom is 0.225 e. The molecule has 2 aromatic rings. The summed E-state index contributed by atoms with van der Waals surface area (Å²) in [5.74, 6) is -0.171. The molecule has 0 unspecified atom stereocenters. The zero-order chi connectivity index (χ0) is 18.4. The van der Waals surface area contributed by atoms with Gasteiger partial charge in [-0.3, -0.25) is 9.79 Å². The number of phenols is 1. The number of benzene rings is 2. The molecule has 0 fully saturated rings. The van der Waals surface area contributed by atoms with Crippen molar-refractivity contribution in [2.45, 2.75) is 13.3 Å². The number of nitrogens with one attached hydrogen (secondary N) is 2. The number of halogens is 2. The lowest BCUT2D eigenvalue weighted by Gasteiger charge is -2.08. The summed E-state index contributed by atoms with van der Waals surface area (Å²) >= 11 is 14.3. The van der Waals surface area contributed by atoms with Crippen LogP contribution in [0.5, 0.6) is 5.75 Å². The Labute approximate surface area is 164 Å². The van der Waals surface area contributed by atoms with E-state index in [1.807, 2.05) is 0 Å². The predicted octanol–water partition coefficient (Wildman–Crippen LogP) is 4.78. The van der Waals surface area contributed by atoms with E-state index in [2.05, 4.69) is 31.6 Å². The van der Waals surface area contributed by atoms with Gasteiger partial charge in [0.25, 0.3) is 0 Å². The molecule has 0 aliphatic rings. The highest BCUT2D eigenvalue weighted by molar-refractivity contribution is 9.10. The normalized spacial score (nSPS) is 10.7. The molecule has 5 nitrogen and oxygen atoms in total. The predicted molar refractivity (Wildman–Crippen MR) is 109 cm³/mol. The molecule has 2 rings (SSSR count). The first-order chi connectivity index (χ1) is 11.9. The summed E-state index contributed by atoms with van der Waals surface area (Å²) in [5, 5.41) is 15.9. The Morgan fingerprint density at radius 2 is 2.04 bits per heavy atom. The summed E-state index contributed by atoms with van der Waals surface area (Å²) in [6.45, 7) is 1.75. The van der Waals surface area contributed by atoms with E-state index in [1.54, 1.807) is 43.3 Å². The van der Waals surface area contributed by atoms with Crippen LogP contribution in [-0.4, -0.2) is 22.3 Å². The van der Waals surface area contributed by atoms with Crippen LogP contribution in [0.4, 0.5) is 11.4 Å². The Bertz CT molecular complexity index is 825. The number of phenolic OH excluding ortho intramolecular Hbond substituents is 1. The minimum Gasteiger partial charge on any atom is -0.506 e. The Kier molecular flexibility index (Phi) is 6.92. The molecular formula is C17H15BrClN3O2S. The first-order valence-electron chi connectivity index (χ1n) is 7.32. The highest BCUT2D eigenvalue weighted by atomic mass is 79.9. The Hall–Kier alpha value is -1.96. The van der Waals surface area contributed by atoms with Crippen molar-refractivity contribution in [1.29, 1.82) is 0 Å². The van der Waals surface area contributed by atoms with Crippen molar-refractivity contribution < 1.29 is 9.90 Å². The summed E-state index contributed by atoms with van der Waals surface area (Å²) in [4.78, 5) is 15.6. The van der Waals surface area contributed by atoms with Gasteiger partial charge in [0, 0.05) is 28.4 Å². The van der Waals surface area contributed by atoms with Gasteiger partial charge in [-0.2, -0.15) is 0 Å². The Morgan fingerprint density at radius 3 is 2.68 bits per heavy atom. The summed E-state index contributed by atoms with van der Waals surface area (Å²) in [6.07, 6.45) is 1.89. The fourth-order valence-corrected chi connectivity index (χ4v) is 2.90. The van der Waals surface area contributed by atoms with Crippen molar-refractivity contribution >= 4 is 68.4 Å². The number of anilines is 1. The van der Waals surface area contributed by atoms with Crippen LogP contribution < -0.4 is 10.6 Å². The summed E-state index contributed by atoms with van der Waals surface area (Å²) in [7, 11) is 0. The quantitative estimate of drug-likeness (QED) is 0.472. The molecule has 0 saturated heterocycles. The van der Waals surface area contributed by atoms with E-state index in [4.69, 9.17) is 23.8 Å². The zero-order valence-corrected chi connectivity index (χ0v) is 16.4. The van der Waals surface area contributed by atoms with Crippen molar-refractivity contribution in [1.82, 2.24) is 5.32 Å². The van der Waals surface area contributed by atoms with Crippen LogP contribution in [0.15, 0.2) is 45.9 Å². The molecule has 0 saturated carbocycles. The fourth-order valence-electron chi connectivity index (χ4n) is 1.84. The van der Waals surface area contributed by atoms with Crippen LogP contribution in [0.3, 0.4) is 0 Å². The van der Waals surface area contributed by atoms with E-state index in [9.17, 15) is 9.90 Å². The smallest absolute Gasteiger partial charge is 0.225 e. The van der Waals surface area contributed by atoms with E-state index in [1.165, 1.54) is 6.21 Å². The molecule has 0 aromatic heterocycles. The molecule has 0 radical (unpaired) electrons. The van der Waals surface area contributed by atoms with Crippen LogP contribution in [-0.2, 0) is 4.79 Å². The number of hydrogen-bond acceptors (Lipinski definition) is 4. The minimum absolute atomic E-state index is 0.0242. The van der Waals surface area contributed by atoms with E-state index in [-0.39, 0.29) is 21.8 Å². The van der Waals surface area contributed by atoms with Crippen LogP contribution in [0.2, 0.25) is 5.02 Å². The Morgan fingerprint density at radius 1 is 1.36 bits per heavy atom. The lowest BCUT2D eigenvalue weighted by Crippen LogP contribution is -2.33. The van der Waals surface area contributed by atoms with E-state index in [0.717, 1.165) is 10.2 Å². The average molecular weight is 441 g/mol. The molecule has 3 N–H and O–H groups in total. The first-order valence-corrected chi connectivity index (χ1v) is 8.90. The van der Waals surface area contributed by atoms with Crippen LogP contribution >= 0.6 is 39.7 Å². The van der Waals surface area contributed by atoms with Crippen molar-refractivity contribution in [2.75, 3.05) is 5.32 Å². The van der Waals surface area contributed by atoms with Gasteiger partial charge in [0.05, 0.1) is 10.7 Å². The van der Waals surface area contributed by atoms with Crippen molar-refractivity contribution in [3.63, 3.8) is 0 Å². The monoisotopic (exact) mass is 439 g/mol. The molecule has 8 heteroatoms. The second-order valence-corrected chi connectivity index (χ2v) is 6.72. The number of rotatable bonds is 4. The topological polar surface area (TPSA) is 73.7 Å². The molecular weight excluding hydrogens is 426 g/mol. The first kappa shape index (κ1) is 19.4. The highest BCUT2D eigenvalue weighted by Gasteiger charge is 2.06. The van der Waals surface area contributed by atoms with Crippen LogP contribution in [0.25, 0.3) is 0 Å². The van der Waals surface area contributed by atoms with Crippen molar-refractivity contribution in [2.24, 2.45) is 4.99 Å². The summed E-state index contributed by atoms with van der Waals surface area (Å²) in [6, 6.07) is 10.4. The number of thiocarbonyl (C=S) groups is 1. The molecule has 2 aromatic carbocycles. The van der Waals surface area contributed by atoms with Gasteiger partial charge < -0.3 is 15.7 Å². The zero-order valence-electron chi connectivity index (χ0n) is 13.2. The Balaban J connectivity index is 2.05. The number of amides is 1. The van der Waals surface area contributed by atoms with E-state index < -0.39 is 0 Å². The van der Waals surface area contributed by atoms with E-state index in [0.29, 0.717) is 17.7 Å². The maximum absolute atomic E-state index is 11.3. The third kappa shape index (κ3) is 5.81. The SMILES string of the molecule is CCC(=O)NC(=S)Nc1ccc(N=Cc2cc(Br)cc(Cl)c2O)cc1. The molecule has 0 aliphatic carbocycles. The lowest BCUT2D eigenvalue weighted by atomic mass is 10.2. The largest absolute Gasteiger partial charge is 0.506 e. The van der Waals surface area contributed by atoms with Gasteiger partial charge in [0.15, 0.2) is 5.11 Å². The third-order valence-corrected chi connectivity index (χ3v) is 4.06. The second kappa shape index (κ2) is 8.94. The van der Waals surface area contributed by atoms with Crippen LogP contribution in [0, 0.1) is 0 Å². The van der Waals surface area contributed by atoms with Gasteiger partial charge in [0.1, 0.15) is 5.75 Å². The highest BCUT2D eigenvalue weighted by Crippen LogP contribution is 2.30. The average Bonchev–Trinajstić information content (AvgIpc) is 2.57. The number of aromatic hydroxyl groups is 1. The molecule has 0 bridgehead atoms. The standard InChI is InChI=1S/C17H15BrClN3O2S/c1-2-15(23)22-17(25)21-13-5-3-12(4-6-13)20-9-10-7-11(18)8-14(19)16(10)24/h3-9,24H,2H2,1H3,(H2,21,22,23,25). The number of carbonyl (C=O) groups is 1. The molecule has 130 valence electrons. The molecule has 0 heterocycles. The van der Waals surface area contributed by atoms with Gasteiger partial charge >= 0.3 is 0 Å². The fraction of sp³-hybridized carbons (Fsp3) is 0.118. The molecule has 0 spiro atoms. The molecule has 0 aliphatic heterocycles. The van der Waals surface area contributed by atoms with Crippen molar-refractivity contribution in [3.05, 3.63) is 51.5 Å². The number of aliphatic imine (C=N–C) groups is 1. The second-order valence-electron chi connectivity index (χ2n) is 4.99.